The minimum Gasteiger partial charge on any atom is -0.465 e. The highest BCUT2D eigenvalue weighted by Gasteiger charge is 2.43. The molecule has 1 aromatic heterocycles. The maximum Gasteiger partial charge on any atom is 0.326 e. The lowest BCUT2D eigenvalue weighted by Gasteiger charge is -2.15. The van der Waals surface area contributed by atoms with Gasteiger partial charge in [-0.05, 0) is 55.7 Å². The Balaban J connectivity index is 1.70. The Labute approximate surface area is 151 Å². The molecule has 3 rings (SSSR count). The first-order chi connectivity index (χ1) is 12.0. The van der Waals surface area contributed by atoms with Crippen molar-refractivity contribution >= 4 is 17.6 Å². The van der Waals surface area contributed by atoms with E-state index in [1.165, 1.54) is 16.3 Å². The summed E-state index contributed by atoms with van der Waals surface area (Å²) in [7, 11) is 0. The highest BCUT2D eigenvalue weighted by Crippen LogP contribution is 2.51. The van der Waals surface area contributed by atoms with Gasteiger partial charge in [0.1, 0.15) is 12.2 Å². The van der Waals surface area contributed by atoms with Crippen LogP contribution in [0.2, 0.25) is 5.02 Å². The summed E-state index contributed by atoms with van der Waals surface area (Å²) in [6.07, 6.45) is 6.76. The molecule has 6 heteroatoms. The summed E-state index contributed by atoms with van der Waals surface area (Å²) in [6, 6.07) is 7.94. The van der Waals surface area contributed by atoms with E-state index in [1.807, 2.05) is 12.1 Å². The van der Waals surface area contributed by atoms with Crippen LogP contribution in [0.5, 0.6) is 0 Å². The molecule has 25 heavy (non-hydrogen) atoms. The Bertz CT molecular complexity index is 810. The Morgan fingerprint density at radius 2 is 2.04 bits per heavy atom. The number of hydrogen-bond acceptors (Lipinski definition) is 4. The Morgan fingerprint density at radius 1 is 1.32 bits per heavy atom. The van der Waals surface area contributed by atoms with Crippen molar-refractivity contribution < 1.29 is 9.53 Å². The van der Waals surface area contributed by atoms with Gasteiger partial charge in [-0.1, -0.05) is 23.7 Å². The van der Waals surface area contributed by atoms with Crippen molar-refractivity contribution in [2.24, 2.45) is 0 Å². The summed E-state index contributed by atoms with van der Waals surface area (Å²) in [5.41, 5.74) is 1.66. The SMILES string of the molecule is CCOC(=O)Cn1ccnc(CCC2(c3ccc(Cl)cc3)CC2)c1=O. The molecule has 0 N–H and O–H groups in total. The summed E-state index contributed by atoms with van der Waals surface area (Å²) in [5.74, 6) is -0.415. The number of halogens is 1. The lowest BCUT2D eigenvalue weighted by Crippen LogP contribution is -2.29. The first kappa shape index (κ1) is 17.7. The van der Waals surface area contributed by atoms with Crippen LogP contribution >= 0.6 is 11.6 Å². The fourth-order valence-corrected chi connectivity index (χ4v) is 3.26. The Hall–Kier alpha value is -2.14. The van der Waals surface area contributed by atoms with Gasteiger partial charge >= 0.3 is 5.97 Å². The molecule has 0 atom stereocenters. The summed E-state index contributed by atoms with van der Waals surface area (Å²) in [6.45, 7) is 1.96. The van der Waals surface area contributed by atoms with Gasteiger partial charge in [-0.3, -0.25) is 14.6 Å². The van der Waals surface area contributed by atoms with Crippen LogP contribution in [0, 0.1) is 0 Å². The highest BCUT2D eigenvalue weighted by atomic mass is 35.5. The molecular formula is C19H21ClN2O3. The van der Waals surface area contributed by atoms with E-state index >= 15 is 0 Å². The molecule has 1 aliphatic carbocycles. The van der Waals surface area contributed by atoms with E-state index in [0.29, 0.717) is 18.7 Å². The number of aromatic nitrogens is 2. The highest BCUT2D eigenvalue weighted by molar-refractivity contribution is 6.30. The second-order valence-corrected chi connectivity index (χ2v) is 6.84. The van der Waals surface area contributed by atoms with Gasteiger partial charge in [0.05, 0.1) is 6.61 Å². The molecule has 1 aliphatic rings. The molecule has 1 saturated carbocycles. The number of rotatable bonds is 7. The van der Waals surface area contributed by atoms with Gasteiger partial charge in [0.15, 0.2) is 0 Å². The zero-order chi connectivity index (χ0) is 17.9. The first-order valence-electron chi connectivity index (χ1n) is 8.50. The summed E-state index contributed by atoms with van der Waals surface area (Å²) in [4.78, 5) is 28.3. The zero-order valence-electron chi connectivity index (χ0n) is 14.2. The van der Waals surface area contributed by atoms with Gasteiger partial charge in [0.25, 0.3) is 5.56 Å². The Morgan fingerprint density at radius 3 is 2.68 bits per heavy atom. The van der Waals surface area contributed by atoms with Crippen LogP contribution in [0.1, 0.15) is 37.4 Å². The van der Waals surface area contributed by atoms with Gasteiger partial charge in [-0.25, -0.2) is 0 Å². The number of aryl methyl sites for hydroxylation is 1. The second kappa shape index (κ2) is 7.40. The average molecular weight is 361 g/mol. The van der Waals surface area contributed by atoms with Crippen LogP contribution in [0.4, 0.5) is 0 Å². The van der Waals surface area contributed by atoms with Gasteiger partial charge in [-0.15, -0.1) is 0 Å². The van der Waals surface area contributed by atoms with E-state index < -0.39 is 5.97 Å². The van der Waals surface area contributed by atoms with Gasteiger partial charge < -0.3 is 9.30 Å². The lowest BCUT2D eigenvalue weighted by molar-refractivity contribution is -0.143. The largest absolute Gasteiger partial charge is 0.465 e. The van der Waals surface area contributed by atoms with E-state index in [-0.39, 0.29) is 17.5 Å². The quantitative estimate of drug-likeness (QED) is 0.712. The predicted molar refractivity (Wildman–Crippen MR) is 95.8 cm³/mol. The van der Waals surface area contributed by atoms with E-state index in [4.69, 9.17) is 16.3 Å². The molecule has 1 fully saturated rings. The number of esters is 1. The monoisotopic (exact) mass is 360 g/mol. The van der Waals surface area contributed by atoms with Crippen molar-refractivity contribution in [3.8, 4) is 0 Å². The predicted octanol–water partition coefficient (Wildman–Crippen LogP) is 3.12. The van der Waals surface area contributed by atoms with Gasteiger partial charge in [0.2, 0.25) is 0 Å². The van der Waals surface area contributed by atoms with Crippen molar-refractivity contribution in [3.63, 3.8) is 0 Å². The van der Waals surface area contributed by atoms with Crippen LogP contribution < -0.4 is 5.56 Å². The lowest BCUT2D eigenvalue weighted by atomic mass is 9.90. The van der Waals surface area contributed by atoms with E-state index in [9.17, 15) is 9.59 Å². The number of carbonyl (C=O) groups is 1. The normalized spacial score (nSPS) is 15.0. The smallest absolute Gasteiger partial charge is 0.326 e. The minimum atomic E-state index is -0.415. The molecule has 2 aromatic rings. The molecule has 0 bridgehead atoms. The topological polar surface area (TPSA) is 61.2 Å². The van der Waals surface area contributed by atoms with E-state index in [0.717, 1.165) is 24.3 Å². The average Bonchev–Trinajstić information content (AvgIpc) is 3.38. The van der Waals surface area contributed by atoms with E-state index in [2.05, 4.69) is 17.1 Å². The number of ether oxygens (including phenoxy) is 1. The maximum absolute atomic E-state index is 12.5. The maximum atomic E-state index is 12.5. The van der Waals surface area contributed by atoms with Crippen molar-refractivity contribution in [3.05, 3.63) is 63.3 Å². The molecule has 132 valence electrons. The third-order valence-corrected chi connectivity index (χ3v) is 4.99. The molecule has 0 unspecified atom stereocenters. The fourth-order valence-electron chi connectivity index (χ4n) is 3.13. The number of hydrogen-bond donors (Lipinski definition) is 0. The summed E-state index contributed by atoms with van der Waals surface area (Å²) < 4.78 is 6.27. The molecule has 1 heterocycles. The van der Waals surface area contributed by atoms with Crippen LogP contribution in [0.25, 0.3) is 0 Å². The molecule has 5 nitrogen and oxygen atoms in total. The zero-order valence-corrected chi connectivity index (χ0v) is 15.0. The summed E-state index contributed by atoms with van der Waals surface area (Å²) >= 11 is 5.97. The molecule has 0 amide bonds. The number of nitrogens with zero attached hydrogens (tertiary/aromatic N) is 2. The molecule has 0 spiro atoms. The molecule has 0 radical (unpaired) electrons. The van der Waals surface area contributed by atoms with Crippen molar-refractivity contribution in [2.45, 2.75) is 44.6 Å². The van der Waals surface area contributed by atoms with E-state index in [1.54, 1.807) is 13.1 Å². The number of carbonyl (C=O) groups excluding carboxylic acids is 1. The molecule has 0 aliphatic heterocycles. The third-order valence-electron chi connectivity index (χ3n) is 4.74. The molecular weight excluding hydrogens is 340 g/mol. The minimum absolute atomic E-state index is 0.0788. The standard InChI is InChI=1S/C19H21ClN2O3/c1-2-25-17(23)13-22-12-11-21-16(18(22)24)7-8-19(9-10-19)14-3-5-15(20)6-4-14/h3-6,11-12H,2,7-10,13H2,1H3. The molecule has 1 aromatic carbocycles. The number of benzene rings is 1. The van der Waals surface area contributed by atoms with Crippen molar-refractivity contribution in [1.29, 1.82) is 0 Å². The fraction of sp³-hybridized carbons (Fsp3) is 0.421. The third kappa shape index (κ3) is 4.10. The van der Waals surface area contributed by atoms with Gasteiger partial charge in [-0.2, -0.15) is 0 Å². The van der Waals surface area contributed by atoms with Crippen molar-refractivity contribution in [2.75, 3.05) is 6.61 Å². The first-order valence-corrected chi connectivity index (χ1v) is 8.88. The van der Waals surface area contributed by atoms with Crippen LogP contribution in [0.3, 0.4) is 0 Å². The summed E-state index contributed by atoms with van der Waals surface area (Å²) in [5, 5.41) is 0.728. The van der Waals surface area contributed by atoms with Crippen LogP contribution in [0.15, 0.2) is 41.5 Å². The van der Waals surface area contributed by atoms with Crippen LogP contribution in [-0.2, 0) is 27.9 Å². The molecule has 0 saturated heterocycles. The Kier molecular flexibility index (Phi) is 5.23. The second-order valence-electron chi connectivity index (χ2n) is 6.40. The van der Waals surface area contributed by atoms with Crippen molar-refractivity contribution in [1.82, 2.24) is 9.55 Å². The van der Waals surface area contributed by atoms with Gasteiger partial charge in [0, 0.05) is 17.4 Å². The van der Waals surface area contributed by atoms with Crippen LogP contribution in [-0.4, -0.2) is 22.1 Å².